The lowest BCUT2D eigenvalue weighted by molar-refractivity contribution is -0.129. The van der Waals surface area contributed by atoms with Crippen LogP contribution >= 0.6 is 0 Å². The number of alkyl halides is 2. The molecule has 0 atom stereocenters. The summed E-state index contributed by atoms with van der Waals surface area (Å²) in [6.07, 6.45) is 5.26. The Morgan fingerprint density at radius 2 is 1.93 bits per heavy atom. The maximum Gasteiger partial charge on any atom is 0.341 e. The van der Waals surface area contributed by atoms with Crippen molar-refractivity contribution in [1.29, 1.82) is 0 Å². The number of benzene rings is 1. The second kappa shape index (κ2) is 10.7. The molecule has 1 aromatic carbocycles. The molecular weight excluding hydrogens is 560 g/mol. The Hall–Kier alpha value is -4.39. The molecule has 43 heavy (non-hydrogen) atoms. The molecule has 4 aromatic rings. The molecular formula is C30H31F2N7O4. The molecule has 7 rings (SSSR count). The molecule has 0 saturated carbocycles. The van der Waals surface area contributed by atoms with E-state index in [4.69, 9.17) is 9.84 Å². The molecule has 0 bridgehead atoms. The summed E-state index contributed by atoms with van der Waals surface area (Å²) in [5.74, 6) is -0.440. The quantitative estimate of drug-likeness (QED) is 0.359. The molecule has 6 heterocycles. The van der Waals surface area contributed by atoms with E-state index >= 15 is 0 Å². The number of anilines is 2. The summed E-state index contributed by atoms with van der Waals surface area (Å²) in [4.78, 5) is 31.9. The number of carboxylic acids is 1. The predicted octanol–water partition coefficient (Wildman–Crippen LogP) is 4.57. The molecule has 1 amide bonds. The minimum atomic E-state index is -2.77. The normalized spacial score (nSPS) is 17.4. The van der Waals surface area contributed by atoms with E-state index in [0.717, 1.165) is 41.9 Å². The number of amides is 1. The van der Waals surface area contributed by atoms with Crippen LogP contribution < -0.4 is 4.90 Å². The fraction of sp³-hybridized carbons (Fsp3) is 0.433. The van der Waals surface area contributed by atoms with Crippen LogP contribution in [0.3, 0.4) is 0 Å². The van der Waals surface area contributed by atoms with Gasteiger partial charge in [0.1, 0.15) is 5.56 Å². The van der Waals surface area contributed by atoms with Crippen molar-refractivity contribution >= 4 is 29.0 Å². The van der Waals surface area contributed by atoms with Crippen LogP contribution in [-0.2, 0) is 28.9 Å². The molecule has 1 fully saturated rings. The number of aromatic nitrogens is 5. The second-order valence-corrected chi connectivity index (χ2v) is 11.3. The molecule has 3 aromatic heterocycles. The summed E-state index contributed by atoms with van der Waals surface area (Å²) in [5, 5.41) is 18.6. The van der Waals surface area contributed by atoms with Crippen molar-refractivity contribution in [3.63, 3.8) is 0 Å². The monoisotopic (exact) mass is 591 g/mol. The Balaban J connectivity index is 1.33. The number of carbonyl (C=O) groups excluding carboxylic acids is 1. The van der Waals surface area contributed by atoms with Crippen LogP contribution in [0.4, 0.5) is 20.3 Å². The van der Waals surface area contributed by atoms with E-state index < -0.39 is 12.4 Å². The highest BCUT2D eigenvalue weighted by atomic mass is 19.3. The van der Waals surface area contributed by atoms with Crippen LogP contribution in [0, 0.1) is 0 Å². The lowest BCUT2D eigenvalue weighted by Crippen LogP contribution is -2.36. The van der Waals surface area contributed by atoms with E-state index in [1.807, 2.05) is 9.80 Å². The number of halogens is 2. The van der Waals surface area contributed by atoms with Gasteiger partial charge in [-0.15, -0.1) is 0 Å². The van der Waals surface area contributed by atoms with Crippen molar-refractivity contribution in [3.8, 4) is 11.1 Å². The van der Waals surface area contributed by atoms with Gasteiger partial charge in [0, 0.05) is 80.1 Å². The zero-order valence-electron chi connectivity index (χ0n) is 23.7. The molecule has 0 aliphatic carbocycles. The van der Waals surface area contributed by atoms with Gasteiger partial charge in [0.05, 0.1) is 18.8 Å². The van der Waals surface area contributed by atoms with E-state index in [9.17, 15) is 23.5 Å². The van der Waals surface area contributed by atoms with Crippen molar-refractivity contribution < 1.29 is 28.2 Å². The molecule has 1 saturated heterocycles. The van der Waals surface area contributed by atoms with Gasteiger partial charge in [-0.3, -0.25) is 9.48 Å². The molecule has 11 nitrogen and oxygen atoms in total. The van der Waals surface area contributed by atoms with Crippen molar-refractivity contribution in [1.82, 2.24) is 29.3 Å². The van der Waals surface area contributed by atoms with Crippen molar-refractivity contribution in [2.75, 3.05) is 31.2 Å². The Labute approximate surface area is 245 Å². The highest BCUT2D eigenvalue weighted by molar-refractivity contribution is 5.94. The van der Waals surface area contributed by atoms with Crippen molar-refractivity contribution in [3.05, 3.63) is 58.7 Å². The number of hydrogen-bond donors (Lipinski definition) is 1. The first-order valence-electron chi connectivity index (χ1n) is 14.5. The van der Waals surface area contributed by atoms with Crippen LogP contribution in [0.15, 0.2) is 30.7 Å². The standard InChI is InChI=1S/C30H31F2N7O4/c1-17(40)36-8-4-25-24(16-36)29(35-39(25)20-5-9-43-10-6-20)37-7-2-3-18-11-21(22(27(31)32)12-26(18)37)19-13-33-28-23(30(41)42)14-34-38(28)15-19/h11-15,20,27H,2-10,16H2,1H3,(H,41,42). The molecule has 0 unspecified atom stereocenters. The molecule has 0 spiro atoms. The summed E-state index contributed by atoms with van der Waals surface area (Å²) in [6.45, 7) is 4.57. The third kappa shape index (κ3) is 4.71. The number of carbonyl (C=O) groups is 2. The highest BCUT2D eigenvalue weighted by Gasteiger charge is 2.34. The van der Waals surface area contributed by atoms with Crippen LogP contribution in [0.2, 0.25) is 0 Å². The van der Waals surface area contributed by atoms with Gasteiger partial charge in [-0.05, 0) is 48.9 Å². The first-order valence-corrected chi connectivity index (χ1v) is 14.5. The predicted molar refractivity (Wildman–Crippen MR) is 152 cm³/mol. The van der Waals surface area contributed by atoms with Gasteiger partial charge in [-0.2, -0.15) is 10.2 Å². The van der Waals surface area contributed by atoms with Crippen LogP contribution in [0.5, 0.6) is 0 Å². The molecule has 13 heteroatoms. The minimum absolute atomic E-state index is 0.00248. The van der Waals surface area contributed by atoms with E-state index in [1.54, 1.807) is 19.1 Å². The van der Waals surface area contributed by atoms with E-state index in [1.165, 1.54) is 23.1 Å². The number of carboxylic acid groups (broad SMARTS) is 1. The first-order chi connectivity index (χ1) is 20.8. The number of hydrogen-bond acceptors (Lipinski definition) is 7. The maximum absolute atomic E-state index is 14.7. The summed E-state index contributed by atoms with van der Waals surface area (Å²) < 4.78 is 38.4. The van der Waals surface area contributed by atoms with E-state index in [2.05, 4.69) is 14.8 Å². The van der Waals surface area contributed by atoms with Gasteiger partial charge < -0.3 is 19.6 Å². The van der Waals surface area contributed by atoms with Crippen LogP contribution in [0.1, 0.15) is 71.4 Å². The lowest BCUT2D eigenvalue weighted by Gasteiger charge is -2.33. The molecule has 3 aliphatic rings. The highest BCUT2D eigenvalue weighted by Crippen LogP contribution is 2.43. The van der Waals surface area contributed by atoms with Crippen molar-refractivity contribution in [2.24, 2.45) is 0 Å². The van der Waals surface area contributed by atoms with Gasteiger partial charge in [0.15, 0.2) is 11.5 Å². The number of nitrogens with zero attached hydrogens (tertiary/aromatic N) is 7. The number of fused-ring (bicyclic) bond motifs is 3. The van der Waals surface area contributed by atoms with E-state index in [0.29, 0.717) is 62.5 Å². The van der Waals surface area contributed by atoms with Gasteiger partial charge in [0.25, 0.3) is 6.43 Å². The minimum Gasteiger partial charge on any atom is -0.477 e. The van der Waals surface area contributed by atoms with Gasteiger partial charge in [-0.25, -0.2) is 23.1 Å². The summed E-state index contributed by atoms with van der Waals surface area (Å²) >= 11 is 0. The first kappa shape index (κ1) is 27.4. The van der Waals surface area contributed by atoms with Gasteiger partial charge >= 0.3 is 5.97 Å². The zero-order chi connectivity index (χ0) is 29.8. The fourth-order valence-electron chi connectivity index (χ4n) is 6.61. The number of aromatic carboxylic acids is 1. The SMILES string of the molecule is CC(=O)N1CCc2c(c(N3CCCc4cc(-c5cnc6c(C(=O)O)cnn6c5)c(C(F)F)cc43)nn2C2CCOCC2)C1. The van der Waals surface area contributed by atoms with Crippen LogP contribution in [-0.4, -0.2) is 72.6 Å². The summed E-state index contributed by atoms with van der Waals surface area (Å²) in [5.41, 5.74) is 4.35. The lowest BCUT2D eigenvalue weighted by atomic mass is 9.92. The Bertz CT molecular complexity index is 1740. The number of aryl methyl sites for hydroxylation is 1. The zero-order valence-corrected chi connectivity index (χ0v) is 23.7. The average molecular weight is 592 g/mol. The Morgan fingerprint density at radius 3 is 2.67 bits per heavy atom. The average Bonchev–Trinajstić information content (AvgIpc) is 3.62. The second-order valence-electron chi connectivity index (χ2n) is 11.3. The summed E-state index contributed by atoms with van der Waals surface area (Å²) in [7, 11) is 0. The van der Waals surface area contributed by atoms with Crippen molar-refractivity contribution in [2.45, 2.75) is 58.0 Å². The smallest absolute Gasteiger partial charge is 0.341 e. The van der Waals surface area contributed by atoms with Gasteiger partial charge in [-0.1, -0.05) is 0 Å². The molecule has 3 aliphatic heterocycles. The molecule has 1 N–H and O–H groups in total. The topological polar surface area (TPSA) is 118 Å². The Kier molecular flexibility index (Phi) is 6.83. The number of ether oxygens (including phenoxy) is 1. The number of rotatable bonds is 5. The van der Waals surface area contributed by atoms with Gasteiger partial charge in [0.2, 0.25) is 5.91 Å². The molecule has 224 valence electrons. The largest absolute Gasteiger partial charge is 0.477 e. The van der Waals surface area contributed by atoms with E-state index in [-0.39, 0.29) is 28.7 Å². The maximum atomic E-state index is 14.7. The molecule has 0 radical (unpaired) electrons. The fourth-order valence-corrected chi connectivity index (χ4v) is 6.61. The van der Waals surface area contributed by atoms with Crippen LogP contribution in [0.25, 0.3) is 16.8 Å². The third-order valence-electron chi connectivity index (χ3n) is 8.80. The Morgan fingerprint density at radius 1 is 1.12 bits per heavy atom. The summed E-state index contributed by atoms with van der Waals surface area (Å²) in [6, 6.07) is 3.53. The third-order valence-corrected chi connectivity index (χ3v) is 8.80.